The zero-order chi connectivity index (χ0) is 14.3. The van der Waals surface area contributed by atoms with Crippen LogP contribution >= 0.6 is 0 Å². The van der Waals surface area contributed by atoms with Crippen molar-refractivity contribution in [2.24, 2.45) is 5.41 Å². The highest BCUT2D eigenvalue weighted by Crippen LogP contribution is 2.35. The zero-order valence-corrected chi connectivity index (χ0v) is 12.8. The second-order valence-electron chi connectivity index (χ2n) is 6.02. The molecule has 0 fully saturated rings. The van der Waals surface area contributed by atoms with Crippen LogP contribution in [0.5, 0.6) is 5.75 Å². The maximum absolute atomic E-state index is 5.87. The lowest BCUT2D eigenvalue weighted by atomic mass is 9.79. The topological polar surface area (TPSA) is 9.23 Å². The molecule has 0 saturated carbocycles. The fraction of sp³-hybridized carbons (Fsp3) is 0.474. The summed E-state index contributed by atoms with van der Waals surface area (Å²) in [6.45, 7) is 4.61. The van der Waals surface area contributed by atoms with Gasteiger partial charge in [-0.15, -0.1) is 0 Å². The Morgan fingerprint density at radius 3 is 2.55 bits per heavy atom. The summed E-state index contributed by atoms with van der Waals surface area (Å²) in [6, 6.07) is 9.99. The standard InChI is InChI=1S/C19H26O/c1-3-4-5-9-14-19(2)15-12-18(13-16-19)20-17-10-7-6-8-11-17/h6-8,10-13,15H,3-5,9,14,16H2,1-2H3. The first-order chi connectivity index (χ1) is 9.72. The van der Waals surface area contributed by atoms with Crippen LogP contribution in [0.4, 0.5) is 0 Å². The lowest BCUT2D eigenvalue weighted by Gasteiger charge is -2.28. The molecule has 1 atom stereocenters. The highest BCUT2D eigenvalue weighted by Gasteiger charge is 2.22. The first kappa shape index (κ1) is 14.9. The molecule has 0 bridgehead atoms. The van der Waals surface area contributed by atoms with E-state index >= 15 is 0 Å². The average molecular weight is 270 g/mol. The molecule has 1 unspecified atom stereocenters. The van der Waals surface area contributed by atoms with Crippen molar-refractivity contribution in [3.05, 3.63) is 54.3 Å². The van der Waals surface area contributed by atoms with Crippen LogP contribution in [0.1, 0.15) is 52.4 Å². The molecule has 0 N–H and O–H groups in total. The minimum Gasteiger partial charge on any atom is -0.458 e. The molecule has 0 spiro atoms. The summed E-state index contributed by atoms with van der Waals surface area (Å²) in [4.78, 5) is 0. The zero-order valence-electron chi connectivity index (χ0n) is 12.8. The number of para-hydroxylation sites is 1. The largest absolute Gasteiger partial charge is 0.458 e. The van der Waals surface area contributed by atoms with Crippen molar-refractivity contribution < 1.29 is 4.74 Å². The van der Waals surface area contributed by atoms with Crippen molar-refractivity contribution in [2.45, 2.75) is 52.4 Å². The molecular weight excluding hydrogens is 244 g/mol. The van der Waals surface area contributed by atoms with E-state index in [2.05, 4.69) is 32.1 Å². The number of benzene rings is 1. The summed E-state index contributed by atoms with van der Waals surface area (Å²) in [5.74, 6) is 1.89. The predicted octanol–water partition coefficient (Wildman–Crippen LogP) is 5.89. The first-order valence-corrected chi connectivity index (χ1v) is 7.84. The van der Waals surface area contributed by atoms with Crippen LogP contribution in [0.2, 0.25) is 0 Å². The van der Waals surface area contributed by atoms with Crippen LogP contribution in [0.25, 0.3) is 0 Å². The normalized spacial score (nSPS) is 21.6. The molecular formula is C19H26O. The van der Waals surface area contributed by atoms with Crippen molar-refractivity contribution in [3.8, 4) is 5.75 Å². The fourth-order valence-electron chi connectivity index (χ4n) is 2.59. The molecule has 0 aliphatic heterocycles. The number of ether oxygens (including phenoxy) is 1. The van der Waals surface area contributed by atoms with Crippen molar-refractivity contribution in [3.63, 3.8) is 0 Å². The van der Waals surface area contributed by atoms with Gasteiger partial charge in [-0.2, -0.15) is 0 Å². The number of hydrogen-bond acceptors (Lipinski definition) is 1. The monoisotopic (exact) mass is 270 g/mol. The van der Waals surface area contributed by atoms with E-state index in [1.807, 2.05) is 30.3 Å². The van der Waals surface area contributed by atoms with Gasteiger partial charge < -0.3 is 4.74 Å². The summed E-state index contributed by atoms with van der Waals surface area (Å²) in [6.07, 6.45) is 14.4. The van der Waals surface area contributed by atoms with Gasteiger partial charge in [0.15, 0.2) is 0 Å². The molecule has 0 aromatic heterocycles. The molecule has 0 radical (unpaired) electrons. The Labute approximate surface area is 123 Å². The third-order valence-electron chi connectivity index (χ3n) is 4.00. The van der Waals surface area contributed by atoms with E-state index in [0.29, 0.717) is 5.41 Å². The third-order valence-corrected chi connectivity index (χ3v) is 4.00. The van der Waals surface area contributed by atoms with Crippen LogP contribution in [0.15, 0.2) is 54.3 Å². The van der Waals surface area contributed by atoms with Gasteiger partial charge in [-0.25, -0.2) is 0 Å². The van der Waals surface area contributed by atoms with E-state index in [9.17, 15) is 0 Å². The van der Waals surface area contributed by atoms with Gasteiger partial charge in [0, 0.05) is 0 Å². The van der Waals surface area contributed by atoms with Crippen LogP contribution < -0.4 is 4.74 Å². The van der Waals surface area contributed by atoms with Crippen LogP contribution in [-0.4, -0.2) is 0 Å². The molecule has 108 valence electrons. The second kappa shape index (κ2) is 7.33. The maximum Gasteiger partial charge on any atom is 0.127 e. The third kappa shape index (κ3) is 4.56. The Kier molecular flexibility index (Phi) is 5.46. The molecule has 1 aromatic rings. The fourth-order valence-corrected chi connectivity index (χ4v) is 2.59. The molecule has 1 aliphatic rings. The Morgan fingerprint density at radius 2 is 1.90 bits per heavy atom. The molecule has 1 nitrogen and oxygen atoms in total. The smallest absolute Gasteiger partial charge is 0.127 e. The molecule has 0 amide bonds. The first-order valence-electron chi connectivity index (χ1n) is 7.84. The SMILES string of the molecule is CCCCCCC1(C)C=CC(Oc2ccccc2)=CC1. The number of rotatable bonds is 7. The van der Waals surface area contributed by atoms with Gasteiger partial charge in [-0.1, -0.05) is 63.8 Å². The number of hydrogen-bond donors (Lipinski definition) is 0. The van der Waals surface area contributed by atoms with Crippen LogP contribution in [-0.2, 0) is 0 Å². The molecule has 0 heterocycles. The summed E-state index contributed by atoms with van der Waals surface area (Å²) in [5, 5.41) is 0. The van der Waals surface area contributed by atoms with Crippen molar-refractivity contribution in [1.29, 1.82) is 0 Å². The van der Waals surface area contributed by atoms with Crippen molar-refractivity contribution in [2.75, 3.05) is 0 Å². The number of unbranched alkanes of at least 4 members (excludes halogenated alkanes) is 3. The molecule has 0 saturated heterocycles. The molecule has 1 aromatic carbocycles. The predicted molar refractivity (Wildman–Crippen MR) is 85.8 cm³/mol. The van der Waals surface area contributed by atoms with Crippen molar-refractivity contribution in [1.82, 2.24) is 0 Å². The minimum absolute atomic E-state index is 0.317. The number of allylic oxidation sites excluding steroid dienone is 3. The summed E-state index contributed by atoms with van der Waals surface area (Å²) in [5.41, 5.74) is 0.317. The maximum atomic E-state index is 5.87. The van der Waals surface area contributed by atoms with Gasteiger partial charge in [0.2, 0.25) is 0 Å². The van der Waals surface area contributed by atoms with Gasteiger partial charge in [0.05, 0.1) is 0 Å². The Morgan fingerprint density at radius 1 is 1.10 bits per heavy atom. The minimum atomic E-state index is 0.317. The lowest BCUT2D eigenvalue weighted by Crippen LogP contribution is -2.15. The highest BCUT2D eigenvalue weighted by molar-refractivity contribution is 5.29. The second-order valence-corrected chi connectivity index (χ2v) is 6.02. The molecule has 20 heavy (non-hydrogen) atoms. The quantitative estimate of drug-likeness (QED) is 0.562. The van der Waals surface area contributed by atoms with Crippen molar-refractivity contribution >= 4 is 0 Å². The summed E-state index contributed by atoms with van der Waals surface area (Å²) < 4.78 is 5.87. The lowest BCUT2D eigenvalue weighted by molar-refractivity contribution is 0.354. The van der Waals surface area contributed by atoms with Gasteiger partial charge in [-0.3, -0.25) is 0 Å². The van der Waals surface area contributed by atoms with Crippen LogP contribution in [0, 0.1) is 5.41 Å². The van der Waals surface area contributed by atoms with Gasteiger partial charge in [0.25, 0.3) is 0 Å². The summed E-state index contributed by atoms with van der Waals surface area (Å²) in [7, 11) is 0. The van der Waals surface area contributed by atoms with Gasteiger partial charge >= 0.3 is 0 Å². The van der Waals surface area contributed by atoms with Gasteiger partial charge in [-0.05, 0) is 42.5 Å². The van der Waals surface area contributed by atoms with E-state index in [1.165, 1.54) is 32.1 Å². The van der Waals surface area contributed by atoms with Crippen LogP contribution in [0.3, 0.4) is 0 Å². The Balaban J connectivity index is 1.82. The molecule has 2 rings (SSSR count). The van der Waals surface area contributed by atoms with E-state index < -0.39 is 0 Å². The van der Waals surface area contributed by atoms with E-state index in [-0.39, 0.29) is 0 Å². The van der Waals surface area contributed by atoms with E-state index in [0.717, 1.165) is 17.9 Å². The van der Waals surface area contributed by atoms with E-state index in [4.69, 9.17) is 4.74 Å². The van der Waals surface area contributed by atoms with E-state index in [1.54, 1.807) is 0 Å². The Bertz CT molecular complexity index is 458. The highest BCUT2D eigenvalue weighted by atomic mass is 16.5. The van der Waals surface area contributed by atoms with Gasteiger partial charge in [0.1, 0.15) is 11.5 Å². The average Bonchev–Trinajstić information content (AvgIpc) is 2.48. The Hall–Kier alpha value is -1.50. The summed E-state index contributed by atoms with van der Waals surface area (Å²) >= 11 is 0. The molecule has 1 heteroatoms. The molecule has 1 aliphatic carbocycles.